The van der Waals surface area contributed by atoms with Crippen molar-refractivity contribution in [3.8, 4) is 0 Å². The zero-order valence-corrected chi connectivity index (χ0v) is 25.8. The lowest BCUT2D eigenvalue weighted by Crippen LogP contribution is -2.63. The molecule has 11 nitrogen and oxygen atoms in total. The normalized spacial score (nSPS) is 41.4. The highest BCUT2D eigenvalue weighted by atomic mass is 31.2. The summed E-state index contributed by atoms with van der Waals surface area (Å²) in [4.78, 5) is 44.5. The Morgan fingerprint density at radius 1 is 1.15 bits per heavy atom. The van der Waals surface area contributed by atoms with E-state index in [2.05, 4.69) is 0 Å². The summed E-state index contributed by atoms with van der Waals surface area (Å²) in [5.41, 5.74) is -5.48. The number of esters is 1. The molecule has 10 atom stereocenters. The fourth-order valence-electron chi connectivity index (χ4n) is 8.96. The predicted octanol–water partition coefficient (Wildman–Crippen LogP) is 2.54. The fourth-order valence-corrected chi connectivity index (χ4v) is 9.61. The van der Waals surface area contributed by atoms with Crippen LogP contribution in [-0.4, -0.2) is 77.1 Å². The second-order valence-corrected chi connectivity index (χ2v) is 15.5. The number of carbonyl (C=O) groups excluding carboxylic acids is 2. The van der Waals surface area contributed by atoms with Crippen LogP contribution in [0, 0.1) is 28.6 Å². The molecule has 0 spiro atoms. The van der Waals surface area contributed by atoms with Crippen molar-refractivity contribution in [3.05, 3.63) is 11.6 Å². The number of ketones is 1. The summed E-state index contributed by atoms with van der Waals surface area (Å²) < 4.78 is 22.3. The predicted molar refractivity (Wildman–Crippen MR) is 147 cm³/mol. The second kappa shape index (κ2) is 10.5. The maximum absolute atomic E-state index is 13.6. The van der Waals surface area contributed by atoms with Crippen LogP contribution in [0.2, 0.25) is 0 Å². The van der Waals surface area contributed by atoms with Crippen molar-refractivity contribution in [2.75, 3.05) is 0 Å². The van der Waals surface area contributed by atoms with Gasteiger partial charge in [-0.3, -0.25) is 14.1 Å². The number of rotatable bonds is 8. The van der Waals surface area contributed by atoms with Gasteiger partial charge in [0.05, 0.1) is 29.0 Å². The van der Waals surface area contributed by atoms with Gasteiger partial charge in [0.25, 0.3) is 0 Å². The molecule has 234 valence electrons. The van der Waals surface area contributed by atoms with E-state index in [9.17, 15) is 44.4 Å². The minimum Gasteiger partial charge on any atom is -0.460 e. The van der Waals surface area contributed by atoms with Crippen LogP contribution in [0.15, 0.2) is 11.6 Å². The number of hydrogen-bond donors (Lipinski definition) is 6. The van der Waals surface area contributed by atoms with E-state index in [1.807, 2.05) is 13.8 Å². The van der Waals surface area contributed by atoms with Gasteiger partial charge in [-0.05, 0) is 101 Å². The number of hydrogen-bond acceptors (Lipinski definition) is 9. The molecule has 4 rings (SSSR count). The molecule has 0 aromatic heterocycles. The van der Waals surface area contributed by atoms with Crippen LogP contribution in [-0.2, 0) is 23.4 Å². The van der Waals surface area contributed by atoms with Crippen LogP contribution < -0.4 is 0 Å². The van der Waals surface area contributed by atoms with Crippen LogP contribution in [0.3, 0.4) is 0 Å². The van der Waals surface area contributed by atoms with Crippen molar-refractivity contribution in [1.29, 1.82) is 0 Å². The van der Waals surface area contributed by atoms with Crippen LogP contribution >= 0.6 is 7.82 Å². The molecule has 4 aliphatic rings. The maximum atomic E-state index is 13.6. The Morgan fingerprint density at radius 2 is 1.78 bits per heavy atom. The molecule has 6 N–H and O–H groups in total. The molecule has 3 fully saturated rings. The molecule has 0 bridgehead atoms. The Hall–Kier alpha value is -1.17. The summed E-state index contributed by atoms with van der Waals surface area (Å²) in [6, 6.07) is 0. The van der Waals surface area contributed by atoms with Crippen molar-refractivity contribution < 1.29 is 53.6 Å². The monoisotopic (exact) mass is 602 g/mol. The fraction of sp³-hybridized carbons (Fsp3) is 0.862. The SMILES string of the molecule is CC(=O)O[C@@H]1C[C@H]2C(=O)C=C3[C@H](CC[C@]4(C)[C@@H]([C@@](C)(O)[C@@H](CCC(C)(C)O)OP(=O)(O)O)CC[C@@]34O)[C@@]2(C)C[C@@H]1O. The van der Waals surface area contributed by atoms with E-state index >= 15 is 0 Å². The van der Waals surface area contributed by atoms with Crippen molar-refractivity contribution in [3.63, 3.8) is 0 Å². The Morgan fingerprint density at radius 3 is 2.34 bits per heavy atom. The minimum atomic E-state index is -5.01. The van der Waals surface area contributed by atoms with Crippen molar-refractivity contribution in [1.82, 2.24) is 0 Å². The second-order valence-electron chi connectivity index (χ2n) is 14.3. The first-order valence-corrected chi connectivity index (χ1v) is 16.1. The molecule has 0 aliphatic heterocycles. The van der Waals surface area contributed by atoms with E-state index in [0.717, 1.165) is 0 Å². The van der Waals surface area contributed by atoms with Gasteiger partial charge >= 0.3 is 13.8 Å². The van der Waals surface area contributed by atoms with Gasteiger partial charge in [-0.1, -0.05) is 13.8 Å². The molecule has 41 heavy (non-hydrogen) atoms. The van der Waals surface area contributed by atoms with Gasteiger partial charge in [-0.15, -0.1) is 0 Å². The third-order valence-corrected chi connectivity index (χ3v) is 11.6. The molecule has 0 aromatic carbocycles. The van der Waals surface area contributed by atoms with Crippen LogP contribution in [0.4, 0.5) is 0 Å². The van der Waals surface area contributed by atoms with Gasteiger partial charge in [0.15, 0.2) is 5.78 Å². The first-order valence-electron chi connectivity index (χ1n) is 14.6. The topological polar surface area (TPSA) is 191 Å². The van der Waals surface area contributed by atoms with Gasteiger partial charge in [0, 0.05) is 18.3 Å². The summed E-state index contributed by atoms with van der Waals surface area (Å²) in [6.07, 6.45) is 0.549. The molecule has 0 amide bonds. The molecule has 0 radical (unpaired) electrons. The summed E-state index contributed by atoms with van der Waals surface area (Å²) >= 11 is 0. The Labute approximate surface area is 241 Å². The number of ether oxygens (including phenoxy) is 1. The lowest BCUT2D eigenvalue weighted by Gasteiger charge is -2.61. The number of fused-ring (bicyclic) bond motifs is 5. The third kappa shape index (κ3) is 5.74. The highest BCUT2D eigenvalue weighted by molar-refractivity contribution is 7.46. The van der Waals surface area contributed by atoms with Gasteiger partial charge in [0.2, 0.25) is 0 Å². The number of aliphatic hydroxyl groups excluding tert-OH is 1. The van der Waals surface area contributed by atoms with Crippen molar-refractivity contribution in [2.45, 2.75) is 128 Å². The minimum absolute atomic E-state index is 0.0302. The summed E-state index contributed by atoms with van der Waals surface area (Å²) in [7, 11) is -5.01. The van der Waals surface area contributed by atoms with Crippen LogP contribution in [0.5, 0.6) is 0 Å². The van der Waals surface area contributed by atoms with Gasteiger partial charge < -0.3 is 34.9 Å². The molecule has 0 unspecified atom stereocenters. The van der Waals surface area contributed by atoms with Crippen LogP contribution in [0.1, 0.15) is 92.9 Å². The molecule has 0 saturated heterocycles. The zero-order chi connectivity index (χ0) is 31.0. The molecule has 12 heteroatoms. The van der Waals surface area contributed by atoms with E-state index in [-0.39, 0.29) is 43.8 Å². The highest BCUT2D eigenvalue weighted by Gasteiger charge is 2.69. The third-order valence-electron chi connectivity index (χ3n) is 11.1. The number of phosphoric ester groups is 1. The maximum Gasteiger partial charge on any atom is 0.469 e. The largest absolute Gasteiger partial charge is 0.469 e. The van der Waals surface area contributed by atoms with Crippen molar-refractivity contribution >= 4 is 19.6 Å². The van der Waals surface area contributed by atoms with E-state index in [1.165, 1.54) is 19.9 Å². The summed E-state index contributed by atoms with van der Waals surface area (Å²) in [5.74, 6) is -2.07. The Balaban J connectivity index is 1.69. The lowest BCUT2D eigenvalue weighted by molar-refractivity contribution is -0.181. The zero-order valence-electron chi connectivity index (χ0n) is 24.9. The highest BCUT2D eigenvalue weighted by Crippen LogP contribution is 2.69. The van der Waals surface area contributed by atoms with Gasteiger partial charge in [-0.2, -0.15) is 0 Å². The number of carbonyl (C=O) groups is 2. The standard InChI is InChI=1S/C29H47O11P/c1-16(30)39-22-14-19-20(31)13-18-17(26(19,4)15-21(22)32)7-11-27(5)23(8-12-29(18,27)35)28(6,34)24(40-41(36,37)38)9-10-25(2,3)33/h13,17,19,21-24,32-35H,7-12,14-15H2,1-6H3,(H2,36,37,38)/t17-,19-,21-,22+,23-,24+,26+,27+,28+,29+/m0/s1. The molecular formula is C29H47O11P. The summed E-state index contributed by atoms with van der Waals surface area (Å²) in [5, 5.41) is 45.6. The number of phosphoric acid groups is 1. The molecule has 4 aliphatic carbocycles. The first-order chi connectivity index (χ1) is 18.5. The summed E-state index contributed by atoms with van der Waals surface area (Å²) in [6.45, 7) is 9.66. The lowest BCUT2D eigenvalue weighted by atomic mass is 9.45. The Kier molecular flexibility index (Phi) is 8.37. The van der Waals surface area contributed by atoms with E-state index in [0.29, 0.717) is 24.8 Å². The van der Waals surface area contributed by atoms with E-state index in [4.69, 9.17) is 9.26 Å². The average Bonchev–Trinajstić information content (AvgIpc) is 3.08. The van der Waals surface area contributed by atoms with Crippen molar-refractivity contribution in [2.24, 2.45) is 28.6 Å². The molecule has 0 heterocycles. The van der Waals surface area contributed by atoms with Gasteiger partial charge in [-0.25, -0.2) is 4.57 Å². The molecule has 3 saturated carbocycles. The number of aliphatic hydroxyl groups is 4. The van der Waals surface area contributed by atoms with E-state index in [1.54, 1.807) is 13.8 Å². The van der Waals surface area contributed by atoms with Crippen LogP contribution in [0.25, 0.3) is 0 Å². The van der Waals surface area contributed by atoms with E-state index < -0.39 is 71.6 Å². The molecule has 0 aromatic rings. The molecular weight excluding hydrogens is 555 g/mol. The number of allylic oxidation sites excluding steroid dienone is 1. The first kappa shape index (κ1) is 32.7. The smallest absolute Gasteiger partial charge is 0.460 e. The average molecular weight is 603 g/mol. The Bertz CT molecular complexity index is 1140. The quantitative estimate of drug-likeness (QED) is 0.177. The van der Waals surface area contributed by atoms with Gasteiger partial charge in [0.1, 0.15) is 6.10 Å².